The van der Waals surface area contributed by atoms with Crippen LogP contribution in [0.2, 0.25) is 0 Å². The fourth-order valence-corrected chi connectivity index (χ4v) is 1.82. The van der Waals surface area contributed by atoms with E-state index in [1.165, 1.54) is 18.5 Å². The molecule has 0 saturated carbocycles. The summed E-state index contributed by atoms with van der Waals surface area (Å²) < 4.78 is 18.6. The Kier molecular flexibility index (Phi) is 3.41. The van der Waals surface area contributed by atoms with Crippen molar-refractivity contribution in [1.82, 2.24) is 9.97 Å². The maximum absolute atomic E-state index is 12.9. The number of aromatic nitrogens is 2. The van der Waals surface area contributed by atoms with Crippen LogP contribution in [0.1, 0.15) is 5.76 Å². The minimum atomic E-state index is -0.258. The second-order valence-corrected chi connectivity index (χ2v) is 4.25. The van der Waals surface area contributed by atoms with Gasteiger partial charge in [-0.1, -0.05) is 0 Å². The lowest BCUT2D eigenvalue weighted by atomic mass is 10.2. The minimum Gasteiger partial charge on any atom is -0.459 e. The van der Waals surface area contributed by atoms with Crippen molar-refractivity contribution in [2.75, 3.05) is 5.32 Å². The summed E-state index contributed by atoms with van der Waals surface area (Å²) in [5.74, 6) is 1.24. The summed E-state index contributed by atoms with van der Waals surface area (Å²) in [7, 11) is 0. The Balaban J connectivity index is 1.69. The van der Waals surface area contributed by atoms with Gasteiger partial charge in [0.25, 0.3) is 0 Å². The van der Waals surface area contributed by atoms with Gasteiger partial charge in [-0.05, 0) is 36.4 Å². The maximum atomic E-state index is 12.9. The van der Waals surface area contributed by atoms with Crippen LogP contribution in [0.25, 0.3) is 11.3 Å². The molecule has 0 radical (unpaired) electrons. The van der Waals surface area contributed by atoms with E-state index in [1.807, 2.05) is 12.1 Å². The summed E-state index contributed by atoms with van der Waals surface area (Å²) in [6, 6.07) is 9.96. The number of anilines is 1. The molecule has 0 amide bonds. The molecule has 0 saturated heterocycles. The molecule has 2 heterocycles. The van der Waals surface area contributed by atoms with E-state index in [0.29, 0.717) is 12.3 Å². The Morgan fingerprint density at radius 2 is 1.75 bits per heavy atom. The Labute approximate surface area is 115 Å². The molecule has 0 spiro atoms. The number of hydrogen-bond donors (Lipinski definition) is 1. The van der Waals surface area contributed by atoms with Crippen molar-refractivity contribution < 1.29 is 8.81 Å². The molecule has 0 aliphatic rings. The minimum absolute atomic E-state index is 0.258. The van der Waals surface area contributed by atoms with Crippen molar-refractivity contribution in [3.63, 3.8) is 0 Å². The normalized spacial score (nSPS) is 10.4. The zero-order valence-electron chi connectivity index (χ0n) is 10.6. The van der Waals surface area contributed by atoms with Crippen LogP contribution in [0.5, 0.6) is 0 Å². The molecule has 0 aliphatic carbocycles. The highest BCUT2D eigenvalue weighted by atomic mass is 19.1. The molecule has 0 bridgehead atoms. The Bertz CT molecular complexity index is 680. The second kappa shape index (κ2) is 5.52. The summed E-state index contributed by atoms with van der Waals surface area (Å²) in [5, 5.41) is 3.16. The lowest BCUT2D eigenvalue weighted by Gasteiger charge is -2.02. The number of benzene rings is 1. The highest BCUT2D eigenvalue weighted by Crippen LogP contribution is 2.22. The largest absolute Gasteiger partial charge is 0.459 e. The van der Waals surface area contributed by atoms with E-state index in [2.05, 4.69) is 15.3 Å². The van der Waals surface area contributed by atoms with E-state index in [4.69, 9.17) is 4.42 Å². The lowest BCUT2D eigenvalue weighted by Crippen LogP contribution is -1.98. The molecule has 0 unspecified atom stereocenters. The monoisotopic (exact) mass is 269 g/mol. The zero-order chi connectivity index (χ0) is 13.8. The standard InChI is InChI=1S/C15H12FN3O/c16-12-3-1-11(2-4-12)15-6-5-14(20-15)9-19-13-7-17-10-18-8-13/h1-8,10,19H,9H2. The third kappa shape index (κ3) is 2.83. The maximum Gasteiger partial charge on any atom is 0.134 e. The van der Waals surface area contributed by atoms with Gasteiger partial charge in [0.1, 0.15) is 23.7 Å². The van der Waals surface area contributed by atoms with Crippen LogP contribution in [0, 0.1) is 5.82 Å². The van der Waals surface area contributed by atoms with Crippen LogP contribution in [0.4, 0.5) is 10.1 Å². The van der Waals surface area contributed by atoms with E-state index in [1.54, 1.807) is 24.5 Å². The van der Waals surface area contributed by atoms with Crippen molar-refractivity contribution in [3.05, 3.63) is 66.7 Å². The van der Waals surface area contributed by atoms with Crippen LogP contribution in [-0.4, -0.2) is 9.97 Å². The first-order valence-electron chi connectivity index (χ1n) is 6.15. The van der Waals surface area contributed by atoms with Gasteiger partial charge in [0.2, 0.25) is 0 Å². The van der Waals surface area contributed by atoms with Gasteiger partial charge in [-0.2, -0.15) is 0 Å². The molecule has 4 nitrogen and oxygen atoms in total. The Morgan fingerprint density at radius 3 is 2.50 bits per heavy atom. The number of rotatable bonds is 4. The smallest absolute Gasteiger partial charge is 0.134 e. The quantitative estimate of drug-likeness (QED) is 0.787. The molecule has 2 aromatic heterocycles. The van der Waals surface area contributed by atoms with Crippen LogP contribution in [-0.2, 0) is 6.54 Å². The van der Waals surface area contributed by atoms with Gasteiger partial charge in [-0.15, -0.1) is 0 Å². The van der Waals surface area contributed by atoms with E-state index in [9.17, 15) is 4.39 Å². The molecule has 1 aromatic carbocycles. The highest BCUT2D eigenvalue weighted by molar-refractivity contribution is 5.57. The zero-order valence-corrected chi connectivity index (χ0v) is 10.6. The van der Waals surface area contributed by atoms with Gasteiger partial charge in [-0.3, -0.25) is 0 Å². The van der Waals surface area contributed by atoms with Gasteiger partial charge in [0.15, 0.2) is 0 Å². The molecular formula is C15H12FN3O. The molecule has 1 N–H and O–H groups in total. The van der Waals surface area contributed by atoms with Crippen LogP contribution in [0.3, 0.4) is 0 Å². The van der Waals surface area contributed by atoms with Gasteiger partial charge < -0.3 is 9.73 Å². The summed E-state index contributed by atoms with van der Waals surface area (Å²) >= 11 is 0. The topological polar surface area (TPSA) is 51.0 Å². The van der Waals surface area contributed by atoms with E-state index < -0.39 is 0 Å². The molecule has 20 heavy (non-hydrogen) atoms. The lowest BCUT2D eigenvalue weighted by molar-refractivity contribution is 0.531. The average molecular weight is 269 g/mol. The molecule has 100 valence electrons. The predicted molar refractivity (Wildman–Crippen MR) is 73.5 cm³/mol. The third-order valence-corrected chi connectivity index (χ3v) is 2.82. The molecule has 5 heteroatoms. The summed E-state index contributed by atoms with van der Waals surface area (Å²) in [4.78, 5) is 7.84. The van der Waals surface area contributed by atoms with E-state index in [-0.39, 0.29) is 5.82 Å². The third-order valence-electron chi connectivity index (χ3n) is 2.82. The summed E-state index contributed by atoms with van der Waals surface area (Å²) in [5.41, 5.74) is 1.67. The molecule has 0 aliphatic heterocycles. The van der Waals surface area contributed by atoms with Crippen molar-refractivity contribution in [1.29, 1.82) is 0 Å². The number of nitrogens with zero attached hydrogens (tertiary/aromatic N) is 2. The number of hydrogen-bond acceptors (Lipinski definition) is 4. The SMILES string of the molecule is Fc1ccc(-c2ccc(CNc3cncnc3)o2)cc1. The van der Waals surface area contributed by atoms with Crippen molar-refractivity contribution in [2.45, 2.75) is 6.54 Å². The number of nitrogens with one attached hydrogen (secondary N) is 1. The average Bonchev–Trinajstić information content (AvgIpc) is 2.96. The fourth-order valence-electron chi connectivity index (χ4n) is 1.82. The summed E-state index contributed by atoms with van der Waals surface area (Å²) in [6.07, 6.45) is 4.86. The highest BCUT2D eigenvalue weighted by Gasteiger charge is 2.05. The predicted octanol–water partition coefficient (Wildman–Crippen LogP) is 3.49. The number of furan rings is 1. The van der Waals surface area contributed by atoms with E-state index in [0.717, 1.165) is 17.0 Å². The first kappa shape index (κ1) is 12.3. The van der Waals surface area contributed by atoms with Crippen LogP contribution < -0.4 is 5.32 Å². The van der Waals surface area contributed by atoms with Gasteiger partial charge in [0.05, 0.1) is 24.6 Å². The first-order valence-corrected chi connectivity index (χ1v) is 6.15. The van der Waals surface area contributed by atoms with Crippen molar-refractivity contribution >= 4 is 5.69 Å². The van der Waals surface area contributed by atoms with Crippen LogP contribution in [0.15, 0.2) is 59.5 Å². The molecule has 0 fully saturated rings. The van der Waals surface area contributed by atoms with Gasteiger partial charge >= 0.3 is 0 Å². The Morgan fingerprint density at radius 1 is 1.00 bits per heavy atom. The van der Waals surface area contributed by atoms with E-state index >= 15 is 0 Å². The summed E-state index contributed by atoms with van der Waals surface area (Å²) in [6.45, 7) is 0.536. The van der Waals surface area contributed by atoms with Crippen molar-refractivity contribution in [3.8, 4) is 11.3 Å². The van der Waals surface area contributed by atoms with Gasteiger partial charge in [-0.25, -0.2) is 14.4 Å². The molecular weight excluding hydrogens is 257 g/mol. The molecule has 3 aromatic rings. The first-order chi connectivity index (χ1) is 9.81. The van der Waals surface area contributed by atoms with Gasteiger partial charge in [0, 0.05) is 5.56 Å². The molecule has 3 rings (SSSR count). The Hall–Kier alpha value is -2.69. The number of halogens is 1. The molecule has 0 atom stereocenters. The van der Waals surface area contributed by atoms with Crippen LogP contribution >= 0.6 is 0 Å². The second-order valence-electron chi connectivity index (χ2n) is 4.25. The van der Waals surface area contributed by atoms with Crippen molar-refractivity contribution in [2.24, 2.45) is 0 Å². The fraction of sp³-hybridized carbons (Fsp3) is 0.0667.